The highest BCUT2D eigenvalue weighted by Gasteiger charge is 2.47. The molecule has 2 aromatic carbocycles. The molecule has 0 aliphatic rings. The topological polar surface area (TPSA) is 180 Å². The quantitative estimate of drug-likeness (QED) is 0.147. The molecule has 1 atom stereocenters. The number of halogens is 6. The van der Waals surface area contributed by atoms with Crippen LogP contribution in [-0.2, 0) is 24.2 Å². The van der Waals surface area contributed by atoms with Crippen molar-refractivity contribution in [3.8, 4) is 0 Å². The number of hydrogen-bond donors (Lipinski definition) is 5. The molecule has 0 unspecified atom stereocenters. The van der Waals surface area contributed by atoms with Gasteiger partial charge in [-0.1, -0.05) is 12.1 Å². The summed E-state index contributed by atoms with van der Waals surface area (Å²) in [6, 6.07) is 9.31. The largest absolute Gasteiger partial charge is 0.501 e. The van der Waals surface area contributed by atoms with E-state index in [0.29, 0.717) is 11.3 Å². The summed E-state index contributed by atoms with van der Waals surface area (Å²) in [5.74, 6) is -4.26. The monoisotopic (exact) mass is 570 g/mol. The average molecular weight is 570 g/mol. The average Bonchev–Trinajstić information content (AvgIpc) is 2.78. The number of nitrogens with two attached hydrogens (primary N) is 1. The lowest BCUT2D eigenvalue weighted by Gasteiger charge is -2.16. The van der Waals surface area contributed by atoms with Gasteiger partial charge in [-0.05, 0) is 48.9 Å². The molecule has 6 N–H and O–H groups in total. The maximum Gasteiger partial charge on any atom is 0.501 e. The van der Waals surface area contributed by atoms with Gasteiger partial charge in [0.1, 0.15) is 12.3 Å². The first-order chi connectivity index (χ1) is 17.3. The highest BCUT2D eigenvalue weighted by molar-refractivity contribution is 7.92. The molecule has 17 heteroatoms. The third kappa shape index (κ3) is 9.38. The van der Waals surface area contributed by atoms with E-state index >= 15 is 0 Å². The lowest BCUT2D eigenvalue weighted by atomic mass is 10.1. The van der Waals surface area contributed by atoms with Gasteiger partial charge in [-0.2, -0.15) is 26.3 Å². The minimum absolute atomic E-state index is 0.124. The summed E-state index contributed by atoms with van der Waals surface area (Å²) in [4.78, 5) is 32.1. The van der Waals surface area contributed by atoms with E-state index in [4.69, 9.17) is 21.0 Å². The molecule has 0 saturated heterocycles. The van der Waals surface area contributed by atoms with E-state index in [9.17, 15) is 44.3 Å². The summed E-state index contributed by atoms with van der Waals surface area (Å²) in [6.07, 6.45) is -5.65. The van der Waals surface area contributed by atoms with Crippen LogP contribution >= 0.6 is 0 Å². The first-order valence-electron chi connectivity index (χ1n) is 10.0. The number of carbonyl (C=O) groups excluding carboxylic acids is 2. The fourth-order valence-electron chi connectivity index (χ4n) is 2.54. The summed E-state index contributed by atoms with van der Waals surface area (Å²) in [5, 5.41) is 19.3. The molecule has 2 aromatic rings. The lowest BCUT2D eigenvalue weighted by molar-refractivity contribution is -0.192. The fourth-order valence-corrected chi connectivity index (χ4v) is 3.36. The molecule has 0 heterocycles. The van der Waals surface area contributed by atoms with E-state index < -0.39 is 56.7 Å². The van der Waals surface area contributed by atoms with Gasteiger partial charge in [0.25, 0.3) is 9.84 Å². The van der Waals surface area contributed by atoms with Gasteiger partial charge in [0, 0.05) is 11.3 Å². The van der Waals surface area contributed by atoms with E-state index in [2.05, 4.69) is 10.6 Å². The molecule has 2 rings (SSSR count). The molecule has 0 aromatic heterocycles. The van der Waals surface area contributed by atoms with Crippen LogP contribution in [0, 0.1) is 5.41 Å². The summed E-state index contributed by atoms with van der Waals surface area (Å²) >= 11 is 0. The van der Waals surface area contributed by atoms with Crippen molar-refractivity contribution in [1.82, 2.24) is 5.32 Å². The number of alkyl halides is 6. The SMILES string of the molecule is C[C@H](NC(=O)CC(=O)Nc1ccc(C(=N)N)cc1)c1cccc(S(=O)(=O)C(F)(F)F)c1.O=C(O)C(F)(F)F. The first-order valence-corrected chi connectivity index (χ1v) is 11.5. The predicted molar refractivity (Wildman–Crippen MR) is 121 cm³/mol. The second-order valence-electron chi connectivity index (χ2n) is 7.33. The van der Waals surface area contributed by atoms with E-state index in [1.54, 1.807) is 0 Å². The number of nitrogens with one attached hydrogen (secondary N) is 3. The normalized spacial score (nSPS) is 12.4. The van der Waals surface area contributed by atoms with Gasteiger partial charge in [-0.25, -0.2) is 13.2 Å². The van der Waals surface area contributed by atoms with Crippen LogP contribution in [0.15, 0.2) is 53.4 Å². The number of amidine groups is 1. The summed E-state index contributed by atoms with van der Waals surface area (Å²) in [7, 11) is -5.52. The Morgan fingerprint density at radius 2 is 1.53 bits per heavy atom. The fraction of sp³-hybridized carbons (Fsp3) is 0.238. The number of carbonyl (C=O) groups is 3. The zero-order valence-corrected chi connectivity index (χ0v) is 20.0. The van der Waals surface area contributed by atoms with Crippen molar-refractivity contribution in [2.24, 2.45) is 5.73 Å². The Bertz CT molecular complexity index is 1290. The van der Waals surface area contributed by atoms with Crippen LogP contribution in [0.5, 0.6) is 0 Å². The van der Waals surface area contributed by atoms with Gasteiger partial charge >= 0.3 is 17.7 Å². The van der Waals surface area contributed by atoms with Crippen molar-refractivity contribution in [1.29, 1.82) is 5.41 Å². The highest BCUT2D eigenvalue weighted by Crippen LogP contribution is 2.31. The highest BCUT2D eigenvalue weighted by atomic mass is 32.2. The zero-order chi connectivity index (χ0) is 29.5. The molecule has 0 spiro atoms. The van der Waals surface area contributed by atoms with Gasteiger partial charge in [0.05, 0.1) is 10.9 Å². The molecular formula is C21H20F6N4O6S. The Morgan fingerprint density at radius 3 is 1.97 bits per heavy atom. The summed E-state index contributed by atoms with van der Waals surface area (Å²) in [6.45, 7) is 1.44. The van der Waals surface area contributed by atoms with Gasteiger partial charge < -0.3 is 21.5 Å². The van der Waals surface area contributed by atoms with Crippen molar-refractivity contribution < 1.29 is 54.3 Å². The van der Waals surface area contributed by atoms with Crippen LogP contribution in [0.25, 0.3) is 0 Å². The third-order valence-corrected chi connectivity index (χ3v) is 5.88. The van der Waals surface area contributed by atoms with Crippen LogP contribution in [0.3, 0.4) is 0 Å². The molecule has 0 aliphatic carbocycles. The van der Waals surface area contributed by atoms with Crippen LogP contribution in [0.2, 0.25) is 0 Å². The number of benzene rings is 2. The van der Waals surface area contributed by atoms with E-state index in [0.717, 1.165) is 18.2 Å². The minimum Gasteiger partial charge on any atom is -0.475 e. The number of sulfone groups is 1. The van der Waals surface area contributed by atoms with Gasteiger partial charge in [0.15, 0.2) is 0 Å². The Labute approximate surface area is 211 Å². The number of amides is 2. The number of carboxylic acid groups (broad SMARTS) is 1. The van der Waals surface area contributed by atoms with Crippen LogP contribution in [0.1, 0.15) is 30.5 Å². The Balaban J connectivity index is 0.000000905. The lowest BCUT2D eigenvalue weighted by Crippen LogP contribution is -2.30. The molecule has 10 nitrogen and oxygen atoms in total. The number of nitrogen functional groups attached to an aromatic ring is 1. The Hall–Kier alpha value is -4.15. The maximum atomic E-state index is 12.7. The minimum atomic E-state index is -5.52. The Morgan fingerprint density at radius 1 is 1.00 bits per heavy atom. The molecule has 0 saturated carbocycles. The van der Waals surface area contributed by atoms with Crippen molar-refractivity contribution in [2.45, 2.75) is 36.0 Å². The molecule has 0 aliphatic heterocycles. The first kappa shape index (κ1) is 31.9. The van der Waals surface area contributed by atoms with Crippen molar-refractivity contribution >= 4 is 39.1 Å². The zero-order valence-electron chi connectivity index (χ0n) is 19.1. The van der Waals surface area contributed by atoms with Crippen molar-refractivity contribution in [3.63, 3.8) is 0 Å². The number of hydrogen-bond acceptors (Lipinski definition) is 6. The van der Waals surface area contributed by atoms with E-state index in [-0.39, 0.29) is 11.4 Å². The van der Waals surface area contributed by atoms with E-state index in [1.165, 1.54) is 37.3 Å². The van der Waals surface area contributed by atoms with Gasteiger partial charge in [-0.3, -0.25) is 15.0 Å². The smallest absolute Gasteiger partial charge is 0.475 e. The molecule has 2 amide bonds. The number of carboxylic acids is 1. The van der Waals surface area contributed by atoms with Crippen LogP contribution < -0.4 is 16.4 Å². The van der Waals surface area contributed by atoms with Crippen molar-refractivity contribution in [2.75, 3.05) is 5.32 Å². The van der Waals surface area contributed by atoms with Crippen LogP contribution in [0.4, 0.5) is 32.0 Å². The van der Waals surface area contributed by atoms with Crippen molar-refractivity contribution in [3.05, 3.63) is 59.7 Å². The second kappa shape index (κ2) is 12.4. The third-order valence-electron chi connectivity index (χ3n) is 4.39. The molecule has 0 bridgehead atoms. The number of aliphatic carboxylic acids is 1. The Kier molecular flexibility index (Phi) is 10.4. The van der Waals surface area contributed by atoms with Gasteiger partial charge in [-0.15, -0.1) is 0 Å². The molecule has 208 valence electrons. The number of anilines is 1. The summed E-state index contributed by atoms with van der Waals surface area (Å²) in [5.41, 5.74) is 0.845. The van der Waals surface area contributed by atoms with Crippen LogP contribution in [-0.4, -0.2) is 48.8 Å². The predicted octanol–water partition coefficient (Wildman–Crippen LogP) is 3.10. The molecule has 0 fully saturated rings. The molecule has 0 radical (unpaired) electrons. The maximum absolute atomic E-state index is 12.7. The van der Waals surface area contributed by atoms with E-state index in [1.807, 2.05) is 0 Å². The van der Waals surface area contributed by atoms with Gasteiger partial charge in [0.2, 0.25) is 11.8 Å². The standard InChI is InChI=1S/C19H19F3N4O4S.C2HF3O2/c1-11(13-3-2-4-15(9-13)31(29,30)19(20,21)22)25-16(27)10-17(28)26-14-7-5-12(6-8-14)18(23)24;3-2(4,5)1(6)7/h2-9,11H,10H2,1H3,(H3,23,24)(H,25,27)(H,26,28);(H,6,7)/t11-;/m0./s1. The molecular weight excluding hydrogens is 550 g/mol. The second-order valence-corrected chi connectivity index (χ2v) is 9.27. The number of rotatable bonds is 7. The molecule has 38 heavy (non-hydrogen) atoms. The summed E-state index contributed by atoms with van der Waals surface area (Å²) < 4.78 is 93.0.